The molecule has 31 heavy (non-hydrogen) atoms. The van der Waals surface area contributed by atoms with Crippen molar-refractivity contribution in [2.24, 2.45) is 7.05 Å². The Kier molecular flexibility index (Phi) is 5.07. The molecule has 3 aromatic rings. The van der Waals surface area contributed by atoms with Gasteiger partial charge in [0, 0.05) is 51.2 Å². The molecule has 2 saturated heterocycles. The van der Waals surface area contributed by atoms with E-state index in [-0.39, 0.29) is 24.3 Å². The van der Waals surface area contributed by atoms with E-state index in [0.717, 1.165) is 11.1 Å². The molecule has 0 saturated carbocycles. The van der Waals surface area contributed by atoms with Crippen molar-refractivity contribution in [3.8, 4) is 0 Å². The van der Waals surface area contributed by atoms with Crippen LogP contribution in [-0.2, 0) is 23.1 Å². The third-order valence-electron chi connectivity index (χ3n) is 6.02. The minimum absolute atomic E-state index is 0.0740. The number of rotatable bonds is 4. The molecule has 5 heterocycles. The van der Waals surface area contributed by atoms with E-state index < -0.39 is 5.60 Å². The zero-order valence-electron chi connectivity index (χ0n) is 17.2. The van der Waals surface area contributed by atoms with Crippen LogP contribution in [0.5, 0.6) is 0 Å². The van der Waals surface area contributed by atoms with E-state index >= 15 is 0 Å². The van der Waals surface area contributed by atoms with Gasteiger partial charge in [0.05, 0.1) is 13.2 Å². The van der Waals surface area contributed by atoms with Gasteiger partial charge in [0.2, 0.25) is 0 Å². The summed E-state index contributed by atoms with van der Waals surface area (Å²) in [6.07, 6.45) is 5.20. The van der Waals surface area contributed by atoms with Crippen molar-refractivity contribution in [2.45, 2.75) is 18.1 Å². The van der Waals surface area contributed by atoms with Gasteiger partial charge in [-0.3, -0.25) is 19.3 Å². The lowest BCUT2D eigenvalue weighted by atomic mass is 9.83. The Labute approximate surface area is 184 Å². The molecule has 0 aliphatic carbocycles. The molecule has 9 heteroatoms. The average molecular weight is 438 g/mol. The lowest BCUT2D eigenvalue weighted by Crippen LogP contribution is -2.60. The first-order valence-electron chi connectivity index (χ1n) is 10.2. The first-order valence-corrected chi connectivity index (χ1v) is 11.1. The average Bonchev–Trinajstić information content (AvgIpc) is 3.53. The molecular formula is C22H23N5O3S. The summed E-state index contributed by atoms with van der Waals surface area (Å²) >= 11 is 1.62. The monoisotopic (exact) mass is 437 g/mol. The third-order valence-corrected chi connectivity index (χ3v) is 6.75. The van der Waals surface area contributed by atoms with Crippen LogP contribution in [0.1, 0.15) is 27.5 Å². The smallest absolute Gasteiger partial charge is 0.274 e. The number of carbonyl (C=O) groups excluding carboxylic acids is 2. The van der Waals surface area contributed by atoms with E-state index in [1.807, 2.05) is 28.5 Å². The molecule has 3 aromatic heterocycles. The van der Waals surface area contributed by atoms with Gasteiger partial charge in [0.25, 0.3) is 11.8 Å². The second-order valence-corrected chi connectivity index (χ2v) is 8.78. The number of aromatic nitrogens is 3. The van der Waals surface area contributed by atoms with Crippen LogP contribution < -0.4 is 0 Å². The Bertz CT molecular complexity index is 1080. The zero-order valence-corrected chi connectivity index (χ0v) is 18.0. The number of hydrogen-bond donors (Lipinski definition) is 0. The van der Waals surface area contributed by atoms with E-state index in [1.165, 1.54) is 0 Å². The van der Waals surface area contributed by atoms with Crippen LogP contribution in [0.3, 0.4) is 0 Å². The van der Waals surface area contributed by atoms with E-state index in [1.54, 1.807) is 52.6 Å². The fraction of sp³-hybridized carbons (Fsp3) is 0.364. The number of ether oxygens (including phenoxy) is 1. The van der Waals surface area contributed by atoms with E-state index in [4.69, 9.17) is 4.74 Å². The van der Waals surface area contributed by atoms with Crippen LogP contribution in [0, 0.1) is 0 Å². The fourth-order valence-corrected chi connectivity index (χ4v) is 5.17. The summed E-state index contributed by atoms with van der Waals surface area (Å²) in [5.41, 5.74) is 1.24. The standard InChI is InChI=1S/C22H23N5O3S/c1-25-7-4-19(24-25)20(28)27-13-18(17-3-2-6-23-11-17)22(15-27)21(29)26(8-9-30-22)12-16-5-10-31-14-16/h2-7,10-11,14,18H,8-9,12-13,15H2,1H3. The van der Waals surface area contributed by atoms with E-state index in [2.05, 4.69) is 15.5 Å². The van der Waals surface area contributed by atoms with Gasteiger partial charge < -0.3 is 14.5 Å². The summed E-state index contributed by atoms with van der Waals surface area (Å²) in [5, 5.41) is 8.31. The number of morpholine rings is 1. The van der Waals surface area contributed by atoms with Gasteiger partial charge in [-0.1, -0.05) is 6.07 Å². The Morgan fingerprint density at radius 2 is 2.26 bits per heavy atom. The molecular weight excluding hydrogens is 414 g/mol. The molecule has 0 bridgehead atoms. The summed E-state index contributed by atoms with van der Waals surface area (Å²) in [5.74, 6) is -0.570. The molecule has 2 atom stereocenters. The molecule has 1 spiro atoms. The quantitative estimate of drug-likeness (QED) is 0.623. The van der Waals surface area contributed by atoms with Crippen molar-refractivity contribution >= 4 is 23.2 Å². The van der Waals surface area contributed by atoms with Crippen molar-refractivity contribution in [1.82, 2.24) is 24.6 Å². The molecule has 0 aromatic carbocycles. The van der Waals surface area contributed by atoms with Crippen LogP contribution in [0.15, 0.2) is 53.6 Å². The van der Waals surface area contributed by atoms with Gasteiger partial charge in [-0.25, -0.2) is 0 Å². The second-order valence-electron chi connectivity index (χ2n) is 8.00. The Morgan fingerprint density at radius 3 is 2.97 bits per heavy atom. The number of likely N-dealkylation sites (tertiary alicyclic amines) is 1. The topological polar surface area (TPSA) is 80.6 Å². The van der Waals surface area contributed by atoms with Crippen LogP contribution in [0.25, 0.3) is 0 Å². The lowest BCUT2D eigenvalue weighted by Gasteiger charge is -2.42. The fourth-order valence-electron chi connectivity index (χ4n) is 4.51. The summed E-state index contributed by atoms with van der Waals surface area (Å²) < 4.78 is 7.84. The number of aryl methyl sites for hydroxylation is 1. The SMILES string of the molecule is Cn1ccc(C(=O)N2CC(c3cccnc3)C3(C2)OCCN(Cc2ccsc2)C3=O)n1. The van der Waals surface area contributed by atoms with Crippen LogP contribution in [0.2, 0.25) is 0 Å². The number of pyridine rings is 1. The van der Waals surface area contributed by atoms with Crippen LogP contribution in [-0.4, -0.2) is 68.2 Å². The maximum Gasteiger partial charge on any atom is 0.274 e. The number of carbonyl (C=O) groups is 2. The van der Waals surface area contributed by atoms with Crippen molar-refractivity contribution in [3.05, 3.63) is 70.4 Å². The van der Waals surface area contributed by atoms with Gasteiger partial charge in [-0.2, -0.15) is 16.4 Å². The Balaban J connectivity index is 1.49. The number of amides is 2. The second kappa shape index (κ2) is 7.90. The number of nitrogens with zero attached hydrogens (tertiary/aromatic N) is 5. The van der Waals surface area contributed by atoms with Gasteiger partial charge in [0.15, 0.2) is 5.60 Å². The van der Waals surface area contributed by atoms with Gasteiger partial charge in [0.1, 0.15) is 5.69 Å². The molecule has 2 amide bonds. The molecule has 2 aliphatic rings. The van der Waals surface area contributed by atoms with Gasteiger partial charge >= 0.3 is 0 Å². The Morgan fingerprint density at radius 1 is 1.35 bits per heavy atom. The van der Waals surface area contributed by atoms with Crippen molar-refractivity contribution in [2.75, 3.05) is 26.2 Å². The molecule has 2 unspecified atom stereocenters. The first kappa shape index (κ1) is 19.9. The molecule has 5 rings (SSSR count). The van der Waals surface area contributed by atoms with Crippen molar-refractivity contribution < 1.29 is 14.3 Å². The summed E-state index contributed by atoms with van der Waals surface area (Å²) in [6, 6.07) is 7.52. The minimum atomic E-state index is -1.12. The minimum Gasteiger partial charge on any atom is -0.361 e. The van der Waals surface area contributed by atoms with E-state index in [9.17, 15) is 9.59 Å². The third kappa shape index (κ3) is 3.53. The number of thiophene rings is 1. The summed E-state index contributed by atoms with van der Waals surface area (Å²) in [7, 11) is 1.77. The molecule has 2 aliphatic heterocycles. The molecule has 0 radical (unpaired) electrons. The molecule has 0 N–H and O–H groups in total. The van der Waals surface area contributed by atoms with Crippen molar-refractivity contribution in [3.63, 3.8) is 0 Å². The maximum absolute atomic E-state index is 13.8. The predicted molar refractivity (Wildman–Crippen MR) is 115 cm³/mol. The van der Waals surface area contributed by atoms with Gasteiger partial charge in [-0.05, 0) is 40.1 Å². The first-order chi connectivity index (χ1) is 15.1. The molecule has 8 nitrogen and oxygen atoms in total. The highest BCUT2D eigenvalue weighted by Gasteiger charge is 2.58. The summed E-state index contributed by atoms with van der Waals surface area (Å²) in [6.45, 7) is 2.07. The van der Waals surface area contributed by atoms with Gasteiger partial charge in [-0.15, -0.1) is 0 Å². The lowest BCUT2D eigenvalue weighted by molar-refractivity contribution is -0.172. The predicted octanol–water partition coefficient (Wildman–Crippen LogP) is 1.91. The van der Waals surface area contributed by atoms with Crippen molar-refractivity contribution in [1.29, 1.82) is 0 Å². The van der Waals surface area contributed by atoms with Crippen LogP contribution >= 0.6 is 11.3 Å². The maximum atomic E-state index is 13.8. The normalized spacial score (nSPS) is 23.6. The Hall–Kier alpha value is -3.04. The van der Waals surface area contributed by atoms with Crippen LogP contribution in [0.4, 0.5) is 0 Å². The molecule has 160 valence electrons. The largest absolute Gasteiger partial charge is 0.361 e. The molecule has 2 fully saturated rings. The van der Waals surface area contributed by atoms with E-state index in [0.29, 0.717) is 31.9 Å². The highest BCUT2D eigenvalue weighted by Crippen LogP contribution is 2.42. The summed E-state index contributed by atoms with van der Waals surface area (Å²) in [4.78, 5) is 34.7. The highest BCUT2D eigenvalue weighted by atomic mass is 32.1. The number of hydrogen-bond acceptors (Lipinski definition) is 6. The highest BCUT2D eigenvalue weighted by molar-refractivity contribution is 7.07. The zero-order chi connectivity index (χ0) is 21.4.